The van der Waals surface area contributed by atoms with Gasteiger partial charge in [0.15, 0.2) is 0 Å². The van der Waals surface area contributed by atoms with Crippen molar-refractivity contribution in [2.75, 3.05) is 35.5 Å². The summed E-state index contributed by atoms with van der Waals surface area (Å²) < 4.78 is 23.5. The van der Waals surface area contributed by atoms with Gasteiger partial charge in [-0.3, -0.25) is 4.90 Å². The fourth-order valence-electron chi connectivity index (χ4n) is 5.10. The van der Waals surface area contributed by atoms with Gasteiger partial charge in [-0.25, -0.2) is 0 Å². The van der Waals surface area contributed by atoms with E-state index in [-0.39, 0.29) is 6.04 Å². The van der Waals surface area contributed by atoms with E-state index >= 15 is 0 Å². The van der Waals surface area contributed by atoms with Crippen LogP contribution < -0.4 is 18.9 Å². The number of nitrogens with zero attached hydrogens (tertiary/aromatic N) is 1. The summed E-state index contributed by atoms with van der Waals surface area (Å²) in [6.45, 7) is 6.58. The first-order valence-corrected chi connectivity index (χ1v) is 11.0. The van der Waals surface area contributed by atoms with E-state index in [2.05, 4.69) is 50.9 Å². The highest BCUT2D eigenvalue weighted by Gasteiger charge is 2.33. The molecule has 0 N–H and O–H groups in total. The third-order valence-corrected chi connectivity index (χ3v) is 6.93. The monoisotopic (exact) mass is 435 g/mol. The molecule has 3 aromatic carbocycles. The van der Waals surface area contributed by atoms with E-state index in [1.54, 1.807) is 28.4 Å². The van der Waals surface area contributed by atoms with E-state index in [1.807, 2.05) is 12.1 Å². The van der Waals surface area contributed by atoms with Gasteiger partial charge >= 0.3 is 0 Å². The van der Waals surface area contributed by atoms with Gasteiger partial charge in [-0.2, -0.15) is 0 Å². The Kier molecular flexibility index (Phi) is 5.95. The van der Waals surface area contributed by atoms with Gasteiger partial charge in [-0.15, -0.1) is 0 Å². The zero-order chi connectivity index (χ0) is 23.2. The number of ether oxygens (including phenoxy) is 4. The second kappa shape index (κ2) is 8.55. The fourth-order valence-corrected chi connectivity index (χ4v) is 5.10. The largest absolute Gasteiger partial charge is 0.496 e. The molecule has 3 aromatic rings. The van der Waals surface area contributed by atoms with E-state index in [0.29, 0.717) is 6.04 Å². The molecule has 0 radical (unpaired) electrons. The maximum Gasteiger partial charge on any atom is 0.135 e. The van der Waals surface area contributed by atoms with E-state index in [9.17, 15) is 0 Å². The molecule has 0 bridgehead atoms. The first-order chi connectivity index (χ1) is 15.4. The number of fused-ring (bicyclic) bond motifs is 2. The van der Waals surface area contributed by atoms with E-state index in [0.717, 1.165) is 56.9 Å². The van der Waals surface area contributed by atoms with Gasteiger partial charge in [-0.1, -0.05) is 6.07 Å². The maximum absolute atomic E-state index is 6.12. The lowest BCUT2D eigenvalue weighted by molar-refractivity contribution is 0.175. The lowest BCUT2D eigenvalue weighted by atomic mass is 9.84. The Labute approximate surface area is 190 Å². The maximum atomic E-state index is 6.12. The molecule has 0 aromatic heterocycles. The molecular formula is C27H33NO4. The predicted molar refractivity (Wildman–Crippen MR) is 130 cm³/mol. The van der Waals surface area contributed by atoms with Gasteiger partial charge in [0.05, 0.1) is 39.4 Å². The lowest BCUT2D eigenvalue weighted by Crippen LogP contribution is -2.38. The smallest absolute Gasteiger partial charge is 0.135 e. The Morgan fingerprint density at radius 2 is 1.53 bits per heavy atom. The molecular weight excluding hydrogens is 402 g/mol. The summed E-state index contributed by atoms with van der Waals surface area (Å²) in [5.41, 5.74) is 5.62. The first kappa shape index (κ1) is 22.3. The minimum absolute atomic E-state index is 0.231. The molecule has 1 aliphatic rings. The minimum atomic E-state index is 0.231. The molecule has 0 amide bonds. The summed E-state index contributed by atoms with van der Waals surface area (Å²) in [4.78, 5) is 2.40. The molecule has 1 aliphatic heterocycles. The summed E-state index contributed by atoms with van der Waals surface area (Å²) >= 11 is 0. The number of hydrogen-bond donors (Lipinski definition) is 0. The van der Waals surface area contributed by atoms with Gasteiger partial charge in [0.1, 0.15) is 23.0 Å². The Morgan fingerprint density at radius 1 is 0.844 bits per heavy atom. The molecule has 5 nitrogen and oxygen atoms in total. The molecule has 0 fully saturated rings. The first-order valence-electron chi connectivity index (χ1n) is 11.0. The number of hydrogen-bond acceptors (Lipinski definition) is 5. The zero-order valence-electron chi connectivity index (χ0n) is 20.3. The molecule has 0 spiro atoms. The Bertz CT molecular complexity index is 1170. The van der Waals surface area contributed by atoms with Crippen molar-refractivity contribution >= 4 is 10.8 Å². The van der Waals surface area contributed by atoms with Gasteiger partial charge < -0.3 is 18.9 Å². The topological polar surface area (TPSA) is 40.2 Å². The number of benzene rings is 3. The molecule has 170 valence electrons. The van der Waals surface area contributed by atoms with E-state index < -0.39 is 0 Å². The molecule has 4 rings (SSSR count). The molecule has 1 heterocycles. The van der Waals surface area contributed by atoms with Crippen LogP contribution in [0.2, 0.25) is 0 Å². The van der Waals surface area contributed by atoms with Crippen molar-refractivity contribution in [2.45, 2.75) is 39.3 Å². The van der Waals surface area contributed by atoms with Crippen molar-refractivity contribution in [3.05, 3.63) is 47.0 Å². The Balaban J connectivity index is 2.12. The summed E-state index contributed by atoms with van der Waals surface area (Å²) in [5.74, 6) is 3.25. The van der Waals surface area contributed by atoms with Crippen LogP contribution in [0.3, 0.4) is 0 Å². The van der Waals surface area contributed by atoms with Gasteiger partial charge in [0.2, 0.25) is 0 Å². The van der Waals surface area contributed by atoms with Crippen LogP contribution >= 0.6 is 0 Å². The van der Waals surface area contributed by atoms with Crippen LogP contribution in [0.5, 0.6) is 23.0 Å². The standard InChI is InChI=1S/C27H33NO4/c1-15-11-20-19(9-10-21(29-5)25(20)22(12-15)30-6)26-23(31-7)14-18-13-16(2)28(4)17(3)24(18)27(26)32-8/h9-12,14,16-17H,13H2,1-8H3. The fraction of sp³-hybridized carbons (Fsp3) is 0.407. The summed E-state index contributed by atoms with van der Waals surface area (Å²) in [6.07, 6.45) is 0.958. The van der Waals surface area contributed by atoms with Crippen LogP contribution in [0.25, 0.3) is 21.9 Å². The number of rotatable bonds is 5. The third kappa shape index (κ3) is 3.36. The zero-order valence-corrected chi connectivity index (χ0v) is 20.3. The van der Waals surface area contributed by atoms with Crippen molar-refractivity contribution in [2.24, 2.45) is 0 Å². The molecule has 5 heteroatoms. The summed E-state index contributed by atoms with van der Waals surface area (Å²) in [6, 6.07) is 11.2. The van der Waals surface area contributed by atoms with Crippen molar-refractivity contribution < 1.29 is 18.9 Å². The van der Waals surface area contributed by atoms with Crippen LogP contribution in [0, 0.1) is 6.92 Å². The molecule has 0 aliphatic carbocycles. The second-order valence-electron chi connectivity index (χ2n) is 8.66. The van der Waals surface area contributed by atoms with Crippen LogP contribution in [0.4, 0.5) is 0 Å². The summed E-state index contributed by atoms with van der Waals surface area (Å²) in [7, 11) is 9.04. The van der Waals surface area contributed by atoms with Gasteiger partial charge in [-0.05, 0) is 80.6 Å². The Hall–Kier alpha value is -2.92. The highest BCUT2D eigenvalue weighted by molar-refractivity contribution is 6.06. The van der Waals surface area contributed by atoms with Crippen LogP contribution in [-0.4, -0.2) is 46.4 Å². The van der Waals surface area contributed by atoms with Crippen LogP contribution in [-0.2, 0) is 6.42 Å². The number of likely N-dealkylation sites (N-methyl/N-ethyl adjacent to an activating group) is 1. The average molecular weight is 436 g/mol. The lowest BCUT2D eigenvalue weighted by Gasteiger charge is -2.39. The Morgan fingerprint density at radius 3 is 2.16 bits per heavy atom. The third-order valence-electron chi connectivity index (χ3n) is 6.93. The number of methoxy groups -OCH3 is 4. The SMILES string of the molecule is COc1cc2c(c(OC)c1-c1ccc(OC)c3c(OC)cc(C)cc13)C(C)N(C)C(C)C2. The molecule has 32 heavy (non-hydrogen) atoms. The molecule has 2 atom stereocenters. The second-order valence-corrected chi connectivity index (χ2v) is 8.66. The van der Waals surface area contributed by atoms with Crippen molar-refractivity contribution in [3.63, 3.8) is 0 Å². The van der Waals surface area contributed by atoms with Crippen molar-refractivity contribution in [3.8, 4) is 34.1 Å². The van der Waals surface area contributed by atoms with Gasteiger partial charge in [0, 0.05) is 17.6 Å². The van der Waals surface area contributed by atoms with Crippen LogP contribution in [0.1, 0.15) is 36.6 Å². The van der Waals surface area contributed by atoms with Gasteiger partial charge in [0.25, 0.3) is 0 Å². The van der Waals surface area contributed by atoms with Crippen molar-refractivity contribution in [1.82, 2.24) is 4.90 Å². The molecule has 0 saturated heterocycles. The quantitative estimate of drug-likeness (QED) is 0.507. The average Bonchev–Trinajstić information content (AvgIpc) is 2.80. The highest BCUT2D eigenvalue weighted by Crippen LogP contribution is 2.51. The molecule has 0 saturated carbocycles. The molecule has 2 unspecified atom stereocenters. The minimum Gasteiger partial charge on any atom is -0.496 e. The van der Waals surface area contributed by atoms with E-state index in [4.69, 9.17) is 18.9 Å². The summed E-state index contributed by atoms with van der Waals surface area (Å²) in [5, 5.41) is 1.99. The number of aryl methyl sites for hydroxylation is 1. The van der Waals surface area contributed by atoms with Crippen LogP contribution in [0.15, 0.2) is 30.3 Å². The highest BCUT2D eigenvalue weighted by atomic mass is 16.5. The normalized spacial score (nSPS) is 18.4. The predicted octanol–water partition coefficient (Wildman–Crippen LogP) is 5.79. The van der Waals surface area contributed by atoms with E-state index in [1.165, 1.54) is 11.1 Å². The van der Waals surface area contributed by atoms with Crippen molar-refractivity contribution in [1.29, 1.82) is 0 Å².